The first-order valence-corrected chi connectivity index (χ1v) is 3.89. The van der Waals surface area contributed by atoms with Crippen molar-refractivity contribution in [1.29, 1.82) is 0 Å². The van der Waals surface area contributed by atoms with Crippen LogP contribution in [0.25, 0.3) is 0 Å². The second kappa shape index (κ2) is 1.51. The molecule has 2 fully saturated rings. The van der Waals surface area contributed by atoms with E-state index in [9.17, 15) is 0 Å². The zero-order valence-corrected chi connectivity index (χ0v) is 6.35. The highest BCUT2D eigenvalue weighted by Crippen LogP contribution is 2.50. The number of hydrogen-bond donors (Lipinski definition) is 0. The summed E-state index contributed by atoms with van der Waals surface area (Å²) in [5.41, 5.74) is 0.731. The minimum atomic E-state index is 0.731. The van der Waals surface area contributed by atoms with E-state index in [4.69, 9.17) is 0 Å². The van der Waals surface area contributed by atoms with Crippen molar-refractivity contribution in [3.8, 4) is 0 Å². The molecule has 1 saturated heterocycles. The van der Waals surface area contributed by atoms with Gasteiger partial charge in [-0.2, -0.15) is 0 Å². The van der Waals surface area contributed by atoms with E-state index in [-0.39, 0.29) is 0 Å². The normalized spacial score (nSPS) is 50.7. The molecule has 9 heavy (non-hydrogen) atoms. The number of hydrogen-bond acceptors (Lipinski definition) is 1. The smallest absolute Gasteiger partial charge is 0.00355 e. The predicted octanol–water partition coefficient (Wildman–Crippen LogP) is 1.35. The zero-order valence-electron chi connectivity index (χ0n) is 6.35. The van der Waals surface area contributed by atoms with Gasteiger partial charge in [0.05, 0.1) is 0 Å². The Morgan fingerprint density at radius 3 is 2.56 bits per heavy atom. The van der Waals surface area contributed by atoms with E-state index in [1.807, 2.05) is 0 Å². The molecule has 0 spiro atoms. The van der Waals surface area contributed by atoms with Crippen molar-refractivity contribution in [1.82, 2.24) is 4.90 Å². The predicted molar refractivity (Wildman–Crippen MR) is 38.3 cm³/mol. The van der Waals surface area contributed by atoms with Crippen molar-refractivity contribution >= 4 is 0 Å². The van der Waals surface area contributed by atoms with Gasteiger partial charge in [0.2, 0.25) is 0 Å². The quantitative estimate of drug-likeness (QED) is 0.472. The van der Waals surface area contributed by atoms with E-state index < -0.39 is 0 Å². The summed E-state index contributed by atoms with van der Waals surface area (Å²) in [5.74, 6) is 1.04. The molecule has 1 heteroatoms. The van der Waals surface area contributed by atoms with Gasteiger partial charge in [-0.15, -0.1) is 0 Å². The van der Waals surface area contributed by atoms with Crippen molar-refractivity contribution in [3.05, 3.63) is 0 Å². The Bertz CT molecular complexity index is 133. The first-order valence-electron chi connectivity index (χ1n) is 3.89. The van der Waals surface area contributed by atoms with E-state index in [0.717, 1.165) is 11.3 Å². The Labute approximate surface area is 57.0 Å². The minimum Gasteiger partial charge on any atom is -0.306 e. The van der Waals surface area contributed by atoms with E-state index >= 15 is 0 Å². The number of nitrogens with zero attached hydrogens (tertiary/aromatic N) is 1. The maximum atomic E-state index is 2.47. The molecule has 52 valence electrons. The van der Waals surface area contributed by atoms with Gasteiger partial charge in [-0.3, -0.25) is 0 Å². The van der Waals surface area contributed by atoms with Crippen LogP contribution in [0.15, 0.2) is 0 Å². The molecule has 0 bridgehead atoms. The van der Waals surface area contributed by atoms with E-state index in [2.05, 4.69) is 18.9 Å². The fraction of sp³-hybridized carbons (Fsp3) is 1.00. The lowest BCUT2D eigenvalue weighted by Crippen LogP contribution is -2.35. The summed E-state index contributed by atoms with van der Waals surface area (Å²) in [4.78, 5) is 2.47. The SMILES string of the molecule is CN1CC2CCC2(C)C1. The summed E-state index contributed by atoms with van der Waals surface area (Å²) in [5, 5.41) is 0. The third-order valence-corrected chi connectivity index (χ3v) is 3.21. The van der Waals surface area contributed by atoms with Gasteiger partial charge in [-0.05, 0) is 31.2 Å². The summed E-state index contributed by atoms with van der Waals surface area (Å²) in [6.45, 7) is 5.14. The maximum Gasteiger partial charge on any atom is 0.00355 e. The second-order valence-electron chi connectivity index (χ2n) is 4.09. The lowest BCUT2D eigenvalue weighted by Gasteiger charge is -2.40. The zero-order chi connectivity index (χ0) is 6.48. The fourth-order valence-corrected chi connectivity index (χ4v) is 2.42. The number of fused-ring (bicyclic) bond motifs is 1. The van der Waals surface area contributed by atoms with Crippen LogP contribution in [0.1, 0.15) is 19.8 Å². The average molecular weight is 125 g/mol. The summed E-state index contributed by atoms with van der Waals surface area (Å²) in [7, 11) is 2.24. The van der Waals surface area contributed by atoms with Gasteiger partial charge in [0.25, 0.3) is 0 Å². The van der Waals surface area contributed by atoms with Crippen LogP contribution >= 0.6 is 0 Å². The van der Waals surface area contributed by atoms with Crippen molar-refractivity contribution < 1.29 is 0 Å². The lowest BCUT2D eigenvalue weighted by atomic mass is 9.64. The third-order valence-electron chi connectivity index (χ3n) is 3.21. The third kappa shape index (κ3) is 0.644. The first-order chi connectivity index (χ1) is 4.21. The van der Waals surface area contributed by atoms with Crippen LogP contribution in [0.2, 0.25) is 0 Å². The summed E-state index contributed by atoms with van der Waals surface area (Å²) < 4.78 is 0. The average Bonchev–Trinajstić information content (AvgIpc) is 1.94. The molecule has 1 heterocycles. The molecule has 1 nitrogen and oxygen atoms in total. The van der Waals surface area contributed by atoms with Crippen molar-refractivity contribution in [2.75, 3.05) is 20.1 Å². The van der Waals surface area contributed by atoms with Crippen LogP contribution in [0.4, 0.5) is 0 Å². The van der Waals surface area contributed by atoms with E-state index in [0.29, 0.717) is 0 Å². The Balaban J connectivity index is 2.12. The molecule has 1 aliphatic carbocycles. The molecular weight excluding hydrogens is 110 g/mol. The van der Waals surface area contributed by atoms with Crippen molar-refractivity contribution in [3.63, 3.8) is 0 Å². The van der Waals surface area contributed by atoms with Crippen LogP contribution in [0, 0.1) is 11.3 Å². The van der Waals surface area contributed by atoms with Gasteiger partial charge in [-0.25, -0.2) is 0 Å². The molecule has 2 unspecified atom stereocenters. The lowest BCUT2D eigenvalue weighted by molar-refractivity contribution is 0.109. The number of rotatable bonds is 0. The standard InChI is InChI=1S/C8H15N/c1-8-4-3-7(8)5-9(2)6-8/h7H,3-6H2,1-2H3. The fourth-order valence-electron chi connectivity index (χ4n) is 2.42. The van der Waals surface area contributed by atoms with Crippen LogP contribution in [0.5, 0.6) is 0 Å². The van der Waals surface area contributed by atoms with Crippen LogP contribution < -0.4 is 0 Å². The summed E-state index contributed by atoms with van der Waals surface area (Å²) >= 11 is 0. The summed E-state index contributed by atoms with van der Waals surface area (Å²) in [6, 6.07) is 0. The number of likely N-dealkylation sites (tertiary alicyclic amines) is 1. The van der Waals surface area contributed by atoms with Gasteiger partial charge in [0.15, 0.2) is 0 Å². The topological polar surface area (TPSA) is 3.24 Å². The molecule has 0 radical (unpaired) electrons. The van der Waals surface area contributed by atoms with E-state index in [1.54, 1.807) is 0 Å². The maximum absolute atomic E-state index is 2.47. The van der Waals surface area contributed by atoms with Gasteiger partial charge in [0.1, 0.15) is 0 Å². The molecule has 2 aliphatic rings. The van der Waals surface area contributed by atoms with Gasteiger partial charge >= 0.3 is 0 Å². The molecule has 1 saturated carbocycles. The molecule has 2 rings (SSSR count). The molecule has 0 aromatic carbocycles. The highest BCUT2D eigenvalue weighted by molar-refractivity contribution is 4.99. The van der Waals surface area contributed by atoms with Crippen LogP contribution in [-0.4, -0.2) is 25.0 Å². The Kier molecular flexibility index (Phi) is 0.963. The largest absolute Gasteiger partial charge is 0.306 e. The molecule has 0 aromatic heterocycles. The van der Waals surface area contributed by atoms with E-state index in [1.165, 1.54) is 25.9 Å². The van der Waals surface area contributed by atoms with Crippen molar-refractivity contribution in [2.45, 2.75) is 19.8 Å². The van der Waals surface area contributed by atoms with Gasteiger partial charge < -0.3 is 4.90 Å². The second-order valence-corrected chi connectivity index (χ2v) is 4.09. The molecule has 2 atom stereocenters. The van der Waals surface area contributed by atoms with Crippen LogP contribution in [-0.2, 0) is 0 Å². The molecule has 1 aliphatic heterocycles. The Morgan fingerprint density at radius 1 is 1.56 bits per heavy atom. The molecule has 0 N–H and O–H groups in total. The molecule has 0 aromatic rings. The Morgan fingerprint density at radius 2 is 2.33 bits per heavy atom. The van der Waals surface area contributed by atoms with Crippen LogP contribution in [0.3, 0.4) is 0 Å². The summed E-state index contributed by atoms with van der Waals surface area (Å²) in [6.07, 6.45) is 2.96. The highest BCUT2D eigenvalue weighted by atomic mass is 15.1. The molecule has 0 amide bonds. The molecular formula is C8H15N. The monoisotopic (exact) mass is 125 g/mol. The highest BCUT2D eigenvalue weighted by Gasteiger charge is 2.47. The van der Waals surface area contributed by atoms with Gasteiger partial charge in [0, 0.05) is 13.1 Å². The van der Waals surface area contributed by atoms with Gasteiger partial charge in [-0.1, -0.05) is 6.92 Å². The minimum absolute atomic E-state index is 0.731. The Hall–Kier alpha value is -0.0400. The van der Waals surface area contributed by atoms with Crippen molar-refractivity contribution in [2.24, 2.45) is 11.3 Å². The first kappa shape index (κ1) is 5.72.